The van der Waals surface area contributed by atoms with Crippen LogP contribution in [0.15, 0.2) is 18.2 Å². The van der Waals surface area contributed by atoms with E-state index in [1.54, 1.807) is 11.9 Å². The molecule has 1 N–H and O–H groups in total. The summed E-state index contributed by atoms with van der Waals surface area (Å²) in [5, 5.41) is 9.51. The van der Waals surface area contributed by atoms with Crippen molar-refractivity contribution in [2.75, 3.05) is 18.5 Å². The van der Waals surface area contributed by atoms with Crippen molar-refractivity contribution in [1.29, 1.82) is 0 Å². The highest BCUT2D eigenvalue weighted by Gasteiger charge is 2.12. The number of carbonyl (C=O) groups is 1. The number of rotatable bonds is 4. The Morgan fingerprint density at radius 2 is 2.29 bits per heavy atom. The first kappa shape index (κ1) is 11.9. The average Bonchev–Trinajstić information content (AvgIpc) is 2.71. The Hall–Kier alpha value is -1.62. The van der Waals surface area contributed by atoms with E-state index in [1.165, 1.54) is 16.9 Å². The predicted octanol–water partition coefficient (Wildman–Crippen LogP) is 2.38. The number of hydrogen-bond acceptors (Lipinski definition) is 4. The van der Waals surface area contributed by atoms with Crippen LogP contribution in [0.5, 0.6) is 0 Å². The molecule has 0 amide bonds. The van der Waals surface area contributed by atoms with E-state index in [1.807, 2.05) is 12.1 Å². The molecule has 0 atom stereocenters. The fraction of sp³-hybridized carbons (Fsp3) is 0.333. The van der Waals surface area contributed by atoms with Gasteiger partial charge in [-0.05, 0) is 18.1 Å². The van der Waals surface area contributed by atoms with Crippen molar-refractivity contribution in [2.45, 2.75) is 13.3 Å². The number of aliphatic carboxylic acids is 1. The molecule has 0 fully saturated rings. The molecule has 2 rings (SSSR count). The van der Waals surface area contributed by atoms with E-state index >= 15 is 0 Å². The lowest BCUT2D eigenvalue weighted by Crippen LogP contribution is -2.24. The van der Waals surface area contributed by atoms with Crippen LogP contribution in [0.2, 0.25) is 0 Å². The van der Waals surface area contributed by atoms with E-state index in [2.05, 4.69) is 18.0 Å². The van der Waals surface area contributed by atoms with Crippen LogP contribution in [0.1, 0.15) is 12.5 Å². The lowest BCUT2D eigenvalue weighted by molar-refractivity contribution is -0.135. The van der Waals surface area contributed by atoms with E-state index in [4.69, 9.17) is 5.11 Å². The molecular formula is C12H14N2O2S. The van der Waals surface area contributed by atoms with Gasteiger partial charge in [-0.1, -0.05) is 30.4 Å². The first-order chi connectivity index (χ1) is 8.11. The van der Waals surface area contributed by atoms with Crippen LogP contribution in [0.4, 0.5) is 5.13 Å². The van der Waals surface area contributed by atoms with Gasteiger partial charge in [0.05, 0.1) is 10.2 Å². The Morgan fingerprint density at radius 1 is 1.53 bits per heavy atom. The summed E-state index contributed by atoms with van der Waals surface area (Å²) >= 11 is 1.53. The molecule has 1 heterocycles. The first-order valence-electron chi connectivity index (χ1n) is 5.43. The van der Waals surface area contributed by atoms with Crippen molar-refractivity contribution in [1.82, 2.24) is 4.98 Å². The summed E-state index contributed by atoms with van der Waals surface area (Å²) in [6.45, 7) is 2.07. The third-order valence-corrected chi connectivity index (χ3v) is 3.71. The number of likely N-dealkylation sites (N-methyl/N-ethyl adjacent to an activating group) is 1. The number of nitrogens with zero attached hydrogens (tertiary/aromatic N) is 2. The van der Waals surface area contributed by atoms with Crippen LogP contribution in [0, 0.1) is 0 Å². The van der Waals surface area contributed by atoms with E-state index in [0.717, 1.165) is 21.8 Å². The van der Waals surface area contributed by atoms with Crippen LogP contribution < -0.4 is 4.90 Å². The second-order valence-corrected chi connectivity index (χ2v) is 4.87. The summed E-state index contributed by atoms with van der Waals surface area (Å²) in [5.74, 6) is -0.845. The van der Waals surface area contributed by atoms with Crippen LogP contribution in [0.3, 0.4) is 0 Å². The first-order valence-corrected chi connectivity index (χ1v) is 6.24. The molecule has 0 unspecified atom stereocenters. The Kier molecular flexibility index (Phi) is 3.28. The third-order valence-electron chi connectivity index (χ3n) is 2.57. The lowest BCUT2D eigenvalue weighted by Gasteiger charge is -2.11. The molecule has 0 aliphatic heterocycles. The number of fused-ring (bicyclic) bond motifs is 1. The lowest BCUT2D eigenvalue weighted by atomic mass is 10.1. The minimum atomic E-state index is -0.845. The van der Waals surface area contributed by atoms with Crippen LogP contribution in [-0.2, 0) is 11.2 Å². The number of carboxylic acid groups (broad SMARTS) is 1. The topological polar surface area (TPSA) is 53.4 Å². The van der Waals surface area contributed by atoms with Gasteiger partial charge in [-0.15, -0.1) is 0 Å². The fourth-order valence-electron chi connectivity index (χ4n) is 1.71. The van der Waals surface area contributed by atoms with Gasteiger partial charge in [-0.2, -0.15) is 0 Å². The van der Waals surface area contributed by atoms with Gasteiger partial charge in [-0.25, -0.2) is 4.98 Å². The Labute approximate surface area is 104 Å². The molecule has 5 heteroatoms. The number of aryl methyl sites for hydroxylation is 1. The maximum atomic E-state index is 10.7. The van der Waals surface area contributed by atoms with E-state index in [0.29, 0.717) is 0 Å². The molecule has 1 aromatic heterocycles. The Morgan fingerprint density at radius 3 is 2.94 bits per heavy atom. The smallest absolute Gasteiger partial charge is 0.323 e. The minimum Gasteiger partial charge on any atom is -0.480 e. The maximum Gasteiger partial charge on any atom is 0.323 e. The fourth-order valence-corrected chi connectivity index (χ4v) is 2.69. The van der Waals surface area contributed by atoms with Crippen molar-refractivity contribution in [3.05, 3.63) is 23.8 Å². The number of aromatic nitrogens is 1. The normalized spacial score (nSPS) is 10.7. The zero-order valence-electron chi connectivity index (χ0n) is 9.80. The van der Waals surface area contributed by atoms with Crippen LogP contribution >= 0.6 is 11.3 Å². The number of thiazole rings is 1. The van der Waals surface area contributed by atoms with Gasteiger partial charge in [0.1, 0.15) is 6.54 Å². The average molecular weight is 250 g/mol. The van der Waals surface area contributed by atoms with E-state index in [9.17, 15) is 4.79 Å². The zero-order valence-corrected chi connectivity index (χ0v) is 10.6. The minimum absolute atomic E-state index is 0.0265. The summed E-state index contributed by atoms with van der Waals surface area (Å²) in [4.78, 5) is 16.8. The molecular weight excluding hydrogens is 236 g/mol. The summed E-state index contributed by atoms with van der Waals surface area (Å²) < 4.78 is 1.11. The molecule has 0 radical (unpaired) electrons. The van der Waals surface area contributed by atoms with Crippen molar-refractivity contribution in [3.8, 4) is 0 Å². The van der Waals surface area contributed by atoms with Gasteiger partial charge >= 0.3 is 5.97 Å². The Bertz CT molecular complexity index is 550. The highest BCUT2D eigenvalue weighted by atomic mass is 32.1. The monoisotopic (exact) mass is 250 g/mol. The summed E-state index contributed by atoms with van der Waals surface area (Å²) in [6.07, 6.45) is 0.934. The van der Waals surface area contributed by atoms with Gasteiger partial charge in [0.25, 0.3) is 0 Å². The molecule has 2 aromatic rings. The van der Waals surface area contributed by atoms with Crippen LogP contribution in [0.25, 0.3) is 10.2 Å². The van der Waals surface area contributed by atoms with Crippen molar-refractivity contribution in [2.24, 2.45) is 0 Å². The highest BCUT2D eigenvalue weighted by Crippen LogP contribution is 2.30. The van der Waals surface area contributed by atoms with Crippen molar-refractivity contribution >= 4 is 32.7 Å². The van der Waals surface area contributed by atoms with Crippen molar-refractivity contribution in [3.63, 3.8) is 0 Å². The standard InChI is InChI=1S/C12H14N2O2S/c1-3-8-5-4-6-9-11(8)13-12(17-9)14(2)7-10(15)16/h4-6H,3,7H2,1-2H3,(H,15,16). The number of para-hydroxylation sites is 1. The summed E-state index contributed by atoms with van der Waals surface area (Å²) in [7, 11) is 1.75. The number of anilines is 1. The van der Waals surface area contributed by atoms with Crippen molar-refractivity contribution < 1.29 is 9.90 Å². The molecule has 0 saturated carbocycles. The predicted molar refractivity (Wildman–Crippen MR) is 69.9 cm³/mol. The summed E-state index contributed by atoms with van der Waals surface area (Å²) in [5.41, 5.74) is 2.20. The third kappa shape index (κ3) is 2.39. The summed E-state index contributed by atoms with van der Waals surface area (Å²) in [6, 6.07) is 6.09. The molecule has 0 aliphatic carbocycles. The van der Waals surface area contributed by atoms with Gasteiger partial charge < -0.3 is 10.0 Å². The molecule has 0 aliphatic rings. The van der Waals surface area contributed by atoms with E-state index < -0.39 is 5.97 Å². The molecule has 0 saturated heterocycles. The molecule has 17 heavy (non-hydrogen) atoms. The quantitative estimate of drug-likeness (QED) is 0.905. The largest absolute Gasteiger partial charge is 0.480 e. The number of carboxylic acids is 1. The maximum absolute atomic E-state index is 10.7. The SMILES string of the molecule is CCc1cccc2sc(N(C)CC(=O)O)nc12. The molecule has 4 nitrogen and oxygen atoms in total. The molecule has 0 spiro atoms. The second-order valence-electron chi connectivity index (χ2n) is 3.86. The highest BCUT2D eigenvalue weighted by molar-refractivity contribution is 7.22. The van der Waals surface area contributed by atoms with Gasteiger partial charge in [0.15, 0.2) is 5.13 Å². The second kappa shape index (κ2) is 4.71. The zero-order chi connectivity index (χ0) is 12.4. The molecule has 0 bridgehead atoms. The Balaban J connectivity index is 2.40. The molecule has 1 aromatic carbocycles. The van der Waals surface area contributed by atoms with Gasteiger partial charge in [0.2, 0.25) is 0 Å². The van der Waals surface area contributed by atoms with Crippen LogP contribution in [-0.4, -0.2) is 29.7 Å². The van der Waals surface area contributed by atoms with Gasteiger partial charge in [0, 0.05) is 7.05 Å². The molecule has 90 valence electrons. The number of benzene rings is 1. The number of hydrogen-bond donors (Lipinski definition) is 1. The van der Waals surface area contributed by atoms with E-state index in [-0.39, 0.29) is 6.54 Å². The van der Waals surface area contributed by atoms with Gasteiger partial charge in [-0.3, -0.25) is 4.79 Å².